The van der Waals surface area contributed by atoms with Crippen LogP contribution in [0, 0.1) is 0 Å². The van der Waals surface area contributed by atoms with Crippen LogP contribution in [0.25, 0.3) is 0 Å². The lowest BCUT2D eigenvalue weighted by molar-refractivity contribution is -0.140. The molecule has 2 fully saturated rings. The molecule has 0 saturated carbocycles. The minimum absolute atomic E-state index is 0.0291. The number of carbonyl (C=O) groups excluding carboxylic acids is 1. The molecule has 1 aromatic carbocycles. The molecular weight excluding hydrogens is 416 g/mol. The van der Waals surface area contributed by atoms with Gasteiger partial charge in [-0.3, -0.25) is 4.79 Å². The molecule has 0 radical (unpaired) electrons. The maximum absolute atomic E-state index is 13.3. The van der Waals surface area contributed by atoms with Crippen molar-refractivity contribution in [3.63, 3.8) is 0 Å². The van der Waals surface area contributed by atoms with Gasteiger partial charge in [0, 0.05) is 31.9 Å². The molecule has 0 N–H and O–H groups in total. The molecular formula is C19H26N2O6S2. The van der Waals surface area contributed by atoms with E-state index in [0.29, 0.717) is 38.2 Å². The highest BCUT2D eigenvalue weighted by Gasteiger charge is 2.32. The Bertz CT molecular complexity index is 1020. The predicted octanol–water partition coefficient (Wildman–Crippen LogP) is 1.58. The van der Waals surface area contributed by atoms with Crippen molar-refractivity contribution in [1.82, 2.24) is 4.90 Å². The molecule has 2 saturated heterocycles. The quantitative estimate of drug-likeness (QED) is 0.704. The second-order valence-corrected chi connectivity index (χ2v) is 12.1. The standard InChI is InChI=1S/C19H26N2O6S2/c1-14-13-15-5-2-7-17(18(15)27-14)29(24,25)20-28(23)11-4-8-21(9-12-28)19(22)16-6-3-10-26-16/h2,5,7,14,16H,3-4,6,8-13H2,1H3. The number of fused-ring (bicyclic) bond motifs is 1. The summed E-state index contributed by atoms with van der Waals surface area (Å²) < 4.78 is 54.3. The molecule has 0 aliphatic carbocycles. The smallest absolute Gasteiger partial charge is 0.293 e. The van der Waals surface area contributed by atoms with Gasteiger partial charge in [-0.2, -0.15) is 8.42 Å². The normalized spacial score (nSPS) is 29.8. The zero-order valence-corrected chi connectivity index (χ0v) is 18.0. The van der Waals surface area contributed by atoms with Crippen molar-refractivity contribution in [3.05, 3.63) is 23.8 Å². The number of carbonyl (C=O) groups is 1. The van der Waals surface area contributed by atoms with Crippen molar-refractivity contribution in [3.8, 4) is 5.75 Å². The SMILES string of the molecule is CC1Cc2cccc(S(=O)(=O)N=S3(=O)CCCN(C(=O)C4CCCO4)CC3)c2O1. The van der Waals surface area contributed by atoms with E-state index in [0.717, 1.165) is 12.0 Å². The molecule has 0 aromatic heterocycles. The molecule has 29 heavy (non-hydrogen) atoms. The number of sulfonamides is 1. The van der Waals surface area contributed by atoms with Gasteiger partial charge in [0.05, 0.1) is 15.5 Å². The largest absolute Gasteiger partial charge is 0.489 e. The van der Waals surface area contributed by atoms with Crippen LogP contribution in [0.4, 0.5) is 0 Å². The molecule has 4 rings (SSSR count). The Hall–Kier alpha value is -1.65. The van der Waals surface area contributed by atoms with Crippen LogP contribution in [-0.2, 0) is 35.7 Å². The Morgan fingerprint density at radius 3 is 2.83 bits per heavy atom. The second-order valence-electron chi connectivity index (χ2n) is 7.79. The summed E-state index contributed by atoms with van der Waals surface area (Å²) in [6.07, 6.45) is 2.09. The van der Waals surface area contributed by atoms with E-state index < -0.39 is 25.9 Å². The fourth-order valence-electron chi connectivity index (χ4n) is 4.05. The van der Waals surface area contributed by atoms with Gasteiger partial charge in [-0.05, 0) is 37.8 Å². The lowest BCUT2D eigenvalue weighted by Crippen LogP contribution is -2.40. The zero-order valence-electron chi connectivity index (χ0n) is 16.4. The van der Waals surface area contributed by atoms with Crippen LogP contribution in [0.1, 0.15) is 31.7 Å². The molecule has 1 aromatic rings. The van der Waals surface area contributed by atoms with Crippen LogP contribution < -0.4 is 4.74 Å². The Morgan fingerprint density at radius 2 is 2.07 bits per heavy atom. The monoisotopic (exact) mass is 442 g/mol. The number of ether oxygens (including phenoxy) is 2. The number of benzene rings is 1. The zero-order chi connectivity index (χ0) is 20.6. The van der Waals surface area contributed by atoms with Gasteiger partial charge in [-0.15, -0.1) is 3.77 Å². The number of nitrogens with zero attached hydrogens (tertiary/aromatic N) is 2. The summed E-state index contributed by atoms with van der Waals surface area (Å²) >= 11 is 0. The summed E-state index contributed by atoms with van der Waals surface area (Å²) in [6.45, 7) is 3.11. The van der Waals surface area contributed by atoms with Crippen LogP contribution in [0.15, 0.2) is 26.9 Å². The summed E-state index contributed by atoms with van der Waals surface area (Å²) in [5.41, 5.74) is 0.818. The summed E-state index contributed by atoms with van der Waals surface area (Å²) in [6, 6.07) is 4.94. The van der Waals surface area contributed by atoms with Crippen molar-refractivity contribution in [2.75, 3.05) is 31.2 Å². The molecule has 0 bridgehead atoms. The Balaban J connectivity index is 1.57. The highest BCUT2D eigenvalue weighted by Crippen LogP contribution is 2.36. The molecule has 3 aliphatic rings. The van der Waals surface area contributed by atoms with Crippen LogP contribution in [-0.4, -0.2) is 66.8 Å². The number of amides is 1. The lowest BCUT2D eigenvalue weighted by atomic mass is 10.1. The van der Waals surface area contributed by atoms with E-state index >= 15 is 0 Å². The molecule has 3 aliphatic heterocycles. The number of hydrogen-bond acceptors (Lipinski definition) is 6. The predicted molar refractivity (Wildman–Crippen MR) is 108 cm³/mol. The van der Waals surface area contributed by atoms with Gasteiger partial charge in [0.2, 0.25) is 0 Å². The minimum Gasteiger partial charge on any atom is -0.489 e. The van der Waals surface area contributed by atoms with E-state index in [1.54, 1.807) is 11.0 Å². The van der Waals surface area contributed by atoms with Gasteiger partial charge in [0.1, 0.15) is 22.9 Å². The minimum atomic E-state index is -4.14. The molecule has 3 heterocycles. The first-order valence-electron chi connectivity index (χ1n) is 9.95. The van der Waals surface area contributed by atoms with Crippen molar-refractivity contribution >= 4 is 25.7 Å². The Morgan fingerprint density at radius 1 is 1.24 bits per heavy atom. The van der Waals surface area contributed by atoms with E-state index in [9.17, 15) is 17.4 Å². The average molecular weight is 443 g/mol. The van der Waals surface area contributed by atoms with Crippen molar-refractivity contribution in [2.45, 2.75) is 49.7 Å². The molecule has 160 valence electrons. The third-order valence-corrected chi connectivity index (χ3v) is 9.98. The maximum atomic E-state index is 13.3. The summed E-state index contributed by atoms with van der Waals surface area (Å²) in [7, 11) is -7.15. The van der Waals surface area contributed by atoms with Gasteiger partial charge in [-0.1, -0.05) is 12.1 Å². The number of para-hydroxylation sites is 1. The van der Waals surface area contributed by atoms with Crippen molar-refractivity contribution < 1.29 is 26.9 Å². The maximum Gasteiger partial charge on any atom is 0.293 e. The molecule has 8 nitrogen and oxygen atoms in total. The second kappa shape index (κ2) is 7.88. The van der Waals surface area contributed by atoms with Crippen LogP contribution >= 0.6 is 0 Å². The highest BCUT2D eigenvalue weighted by molar-refractivity contribution is 8.03. The number of hydrogen-bond donors (Lipinski definition) is 0. The van der Waals surface area contributed by atoms with E-state index in [4.69, 9.17) is 9.47 Å². The third-order valence-electron chi connectivity index (χ3n) is 5.49. The van der Waals surface area contributed by atoms with Crippen molar-refractivity contribution in [1.29, 1.82) is 0 Å². The van der Waals surface area contributed by atoms with Gasteiger partial charge in [-0.25, -0.2) is 4.21 Å². The topological polar surface area (TPSA) is 102 Å². The third kappa shape index (κ3) is 4.29. The first-order chi connectivity index (χ1) is 13.8. The fourth-order valence-corrected chi connectivity index (χ4v) is 8.35. The average Bonchev–Trinajstić information content (AvgIpc) is 3.27. The van der Waals surface area contributed by atoms with Crippen LogP contribution in [0.5, 0.6) is 5.75 Å². The number of rotatable bonds is 3. The van der Waals surface area contributed by atoms with Crippen molar-refractivity contribution in [2.24, 2.45) is 3.77 Å². The van der Waals surface area contributed by atoms with E-state index in [1.807, 2.05) is 13.0 Å². The molecule has 3 atom stereocenters. The molecule has 1 amide bonds. The van der Waals surface area contributed by atoms with E-state index in [-0.39, 0.29) is 35.0 Å². The van der Waals surface area contributed by atoms with Gasteiger partial charge in [0.15, 0.2) is 0 Å². The fraction of sp³-hybridized carbons (Fsp3) is 0.632. The lowest BCUT2D eigenvalue weighted by Gasteiger charge is -2.22. The molecule has 3 unspecified atom stereocenters. The van der Waals surface area contributed by atoms with E-state index in [2.05, 4.69) is 3.77 Å². The van der Waals surface area contributed by atoms with Gasteiger partial charge >= 0.3 is 0 Å². The summed E-state index contributed by atoms with van der Waals surface area (Å²) in [5.74, 6) is 0.401. The summed E-state index contributed by atoms with van der Waals surface area (Å²) in [4.78, 5) is 14.2. The molecule has 0 spiro atoms. The summed E-state index contributed by atoms with van der Waals surface area (Å²) in [5, 5.41) is 0. The van der Waals surface area contributed by atoms with Gasteiger partial charge in [0.25, 0.3) is 15.9 Å². The molecule has 10 heteroatoms. The van der Waals surface area contributed by atoms with Gasteiger partial charge < -0.3 is 14.4 Å². The van der Waals surface area contributed by atoms with Crippen LogP contribution in [0.2, 0.25) is 0 Å². The first kappa shape index (κ1) is 20.6. The first-order valence-corrected chi connectivity index (χ1v) is 13.2. The highest BCUT2D eigenvalue weighted by atomic mass is 32.3. The van der Waals surface area contributed by atoms with Crippen LogP contribution in [0.3, 0.4) is 0 Å². The van der Waals surface area contributed by atoms with E-state index in [1.165, 1.54) is 6.07 Å². The Labute approximate surface area is 171 Å². The Kier molecular flexibility index (Phi) is 5.60.